The molecular weight excluding hydrogens is 781 g/mol. The van der Waals surface area contributed by atoms with Crippen molar-refractivity contribution in [2.24, 2.45) is 11.7 Å². The lowest BCUT2D eigenvalue weighted by atomic mass is 9.89. The number of likely N-dealkylation sites (N-methyl/N-ethyl adjacent to an activating group) is 1. The fourth-order valence-electron chi connectivity index (χ4n) is 9.82. The fraction of sp³-hybridized carbons (Fsp3) is 0.488. The quantitative estimate of drug-likeness (QED) is 0.187. The largest absolute Gasteiger partial charge is 0.371 e. The molecular formula is C43H52N12O6. The molecule has 4 N–H and O–H groups in total. The summed E-state index contributed by atoms with van der Waals surface area (Å²) >= 11 is 0. The van der Waals surface area contributed by atoms with E-state index in [1.807, 2.05) is 30.1 Å². The number of primary amides is 1. The summed E-state index contributed by atoms with van der Waals surface area (Å²) in [5, 5.41) is 5.93. The average Bonchev–Trinajstić information content (AvgIpc) is 3.96. The van der Waals surface area contributed by atoms with Crippen molar-refractivity contribution in [1.82, 2.24) is 34.9 Å². The molecule has 6 aliphatic rings. The number of urea groups is 1. The van der Waals surface area contributed by atoms with Crippen LogP contribution in [0.1, 0.15) is 63.3 Å². The Kier molecular flexibility index (Phi) is 10.7. The van der Waals surface area contributed by atoms with Gasteiger partial charge < -0.3 is 45.7 Å². The lowest BCUT2D eigenvalue weighted by Gasteiger charge is -2.38. The first-order valence-corrected chi connectivity index (χ1v) is 21.3. The first-order valence-electron chi connectivity index (χ1n) is 21.3. The third-order valence-corrected chi connectivity index (χ3v) is 13.3. The summed E-state index contributed by atoms with van der Waals surface area (Å²) in [6.07, 6.45) is 5.25. The van der Waals surface area contributed by atoms with Crippen LogP contribution in [-0.4, -0.2) is 163 Å². The lowest BCUT2D eigenvalue weighted by molar-refractivity contribution is -0.127. The van der Waals surface area contributed by atoms with Gasteiger partial charge in [-0.25, -0.2) is 14.8 Å². The zero-order valence-corrected chi connectivity index (χ0v) is 34.4. The second kappa shape index (κ2) is 16.3. The SMILES string of the molecule is CN1CCN([C@@H]2CCCN(c3cnc(C(N)=O)c(Nc4ccc(N5CCN(C[C@H]6CCN(c7ccc8c(c7)C(=O)N(C7(C=O)CCC(=O)NC7)C8=O)C6)CC5)cc4)n3)C2)C1=O. The van der Waals surface area contributed by atoms with Crippen molar-refractivity contribution in [2.75, 3.05) is 106 Å². The van der Waals surface area contributed by atoms with Gasteiger partial charge >= 0.3 is 6.03 Å². The Labute approximate surface area is 354 Å². The molecule has 18 heteroatoms. The molecule has 0 saturated carbocycles. The Balaban J connectivity index is 0.775. The van der Waals surface area contributed by atoms with Crippen molar-refractivity contribution < 1.29 is 28.8 Å². The van der Waals surface area contributed by atoms with Gasteiger partial charge in [0.25, 0.3) is 17.7 Å². The summed E-state index contributed by atoms with van der Waals surface area (Å²) in [4.78, 5) is 99.3. The highest BCUT2D eigenvalue weighted by molar-refractivity contribution is 6.23. The van der Waals surface area contributed by atoms with Gasteiger partial charge in [0.15, 0.2) is 11.5 Å². The van der Waals surface area contributed by atoms with Gasteiger partial charge in [-0.2, -0.15) is 0 Å². The van der Waals surface area contributed by atoms with Crippen molar-refractivity contribution in [1.29, 1.82) is 0 Å². The number of piperidine rings is 2. The van der Waals surface area contributed by atoms with Crippen LogP contribution in [0, 0.1) is 5.92 Å². The Morgan fingerprint density at radius 2 is 1.66 bits per heavy atom. The molecule has 61 heavy (non-hydrogen) atoms. The first-order chi connectivity index (χ1) is 29.5. The number of piperazine rings is 1. The molecule has 0 aliphatic carbocycles. The molecule has 3 aromatic rings. The lowest BCUT2D eigenvalue weighted by Crippen LogP contribution is -2.61. The number of aldehydes is 1. The van der Waals surface area contributed by atoms with E-state index in [0.29, 0.717) is 42.5 Å². The Hall–Kier alpha value is -6.30. The number of amides is 6. The minimum Gasteiger partial charge on any atom is -0.371 e. The number of nitrogens with zero attached hydrogens (tertiary/aromatic N) is 9. The number of imide groups is 1. The van der Waals surface area contributed by atoms with Gasteiger partial charge in [0.05, 0.1) is 23.4 Å². The standard InChI is InChI=1S/C43H52N12O6/c1-49-15-20-54(42(49)61)32-3-2-13-53(25-32)35-22-45-37(38(44)58)39(48-35)47-29-4-6-30(7-5-29)51-18-16-50(17-19-51)23-28-11-14-52(24-28)31-8-9-33-34(21-31)41(60)55(40(33)59)43(27-56)12-10-36(57)46-26-43/h4-9,21-22,27-28,32H,2-3,10-20,23-26H2,1H3,(H2,44,58)(H,46,57)(H,47,48)/t28-,32-,43?/m1/s1. The summed E-state index contributed by atoms with van der Waals surface area (Å²) in [7, 11) is 1.83. The molecule has 6 aliphatic heterocycles. The van der Waals surface area contributed by atoms with Gasteiger partial charge in [-0.3, -0.25) is 29.0 Å². The first kappa shape index (κ1) is 40.1. The van der Waals surface area contributed by atoms with Gasteiger partial charge in [-0.15, -0.1) is 0 Å². The van der Waals surface area contributed by atoms with E-state index in [2.05, 4.69) is 47.3 Å². The van der Waals surface area contributed by atoms with E-state index in [4.69, 9.17) is 10.7 Å². The third-order valence-electron chi connectivity index (χ3n) is 13.3. The van der Waals surface area contributed by atoms with Crippen LogP contribution < -0.4 is 31.1 Å². The number of nitrogens with one attached hydrogen (secondary N) is 2. The summed E-state index contributed by atoms with van der Waals surface area (Å²) in [5.74, 6) is -0.488. The molecule has 5 saturated heterocycles. The molecule has 5 fully saturated rings. The maximum Gasteiger partial charge on any atom is 0.320 e. The van der Waals surface area contributed by atoms with E-state index in [0.717, 1.165) is 100 Å². The van der Waals surface area contributed by atoms with Gasteiger partial charge in [-0.05, 0) is 74.1 Å². The summed E-state index contributed by atoms with van der Waals surface area (Å²) in [5.41, 5.74) is 7.73. The normalized spacial score (nSPS) is 24.7. The van der Waals surface area contributed by atoms with E-state index < -0.39 is 23.3 Å². The van der Waals surface area contributed by atoms with Crippen LogP contribution in [0.15, 0.2) is 48.7 Å². The number of aromatic nitrogens is 2. The number of benzene rings is 2. The Bertz CT molecular complexity index is 2240. The predicted octanol–water partition coefficient (Wildman–Crippen LogP) is 1.75. The number of anilines is 5. The van der Waals surface area contributed by atoms with Crippen molar-refractivity contribution in [3.63, 3.8) is 0 Å². The van der Waals surface area contributed by atoms with Crippen LogP contribution in [0.3, 0.4) is 0 Å². The molecule has 7 heterocycles. The maximum atomic E-state index is 13.6. The highest BCUT2D eigenvalue weighted by Crippen LogP contribution is 2.36. The second-order valence-corrected chi connectivity index (χ2v) is 17.2. The van der Waals surface area contributed by atoms with Crippen LogP contribution in [0.25, 0.3) is 0 Å². The molecule has 9 rings (SSSR count). The van der Waals surface area contributed by atoms with E-state index >= 15 is 0 Å². The van der Waals surface area contributed by atoms with Crippen molar-refractivity contribution in [2.45, 2.75) is 43.7 Å². The average molecular weight is 833 g/mol. The molecule has 18 nitrogen and oxygen atoms in total. The van der Waals surface area contributed by atoms with Crippen LogP contribution in [0.5, 0.6) is 0 Å². The van der Waals surface area contributed by atoms with Gasteiger partial charge in [0, 0.05) is 109 Å². The monoisotopic (exact) mass is 832 g/mol. The van der Waals surface area contributed by atoms with Crippen molar-refractivity contribution in [3.05, 3.63) is 65.5 Å². The number of carbonyl (C=O) groups is 6. The molecule has 1 aromatic heterocycles. The van der Waals surface area contributed by atoms with Crippen LogP contribution in [-0.2, 0) is 9.59 Å². The fourth-order valence-corrected chi connectivity index (χ4v) is 9.82. The molecule has 1 unspecified atom stereocenters. The second-order valence-electron chi connectivity index (χ2n) is 17.2. The number of carbonyl (C=O) groups excluding carboxylic acids is 6. The molecule has 320 valence electrons. The molecule has 0 bridgehead atoms. The van der Waals surface area contributed by atoms with Gasteiger partial charge in [0.1, 0.15) is 17.6 Å². The molecule has 3 atom stereocenters. The molecule has 6 amide bonds. The Morgan fingerprint density at radius 3 is 2.36 bits per heavy atom. The Morgan fingerprint density at radius 1 is 0.885 bits per heavy atom. The van der Waals surface area contributed by atoms with Crippen LogP contribution in [0.4, 0.5) is 33.5 Å². The minimum absolute atomic E-state index is 0.0560. The highest BCUT2D eigenvalue weighted by atomic mass is 16.2. The minimum atomic E-state index is -1.37. The summed E-state index contributed by atoms with van der Waals surface area (Å²) < 4.78 is 0. The maximum absolute atomic E-state index is 13.6. The highest BCUT2D eigenvalue weighted by Gasteiger charge is 2.51. The number of fused-ring (bicyclic) bond motifs is 1. The van der Waals surface area contributed by atoms with Crippen LogP contribution in [0.2, 0.25) is 0 Å². The van der Waals surface area contributed by atoms with E-state index in [-0.39, 0.29) is 48.6 Å². The van der Waals surface area contributed by atoms with Crippen molar-refractivity contribution >= 4 is 64.6 Å². The summed E-state index contributed by atoms with van der Waals surface area (Å²) in [6.45, 7) is 9.02. The zero-order valence-electron chi connectivity index (χ0n) is 34.4. The topological polar surface area (TPSA) is 201 Å². The summed E-state index contributed by atoms with van der Waals surface area (Å²) in [6, 6.07) is 13.6. The van der Waals surface area contributed by atoms with E-state index in [9.17, 15) is 28.8 Å². The van der Waals surface area contributed by atoms with Gasteiger partial charge in [0.2, 0.25) is 5.91 Å². The van der Waals surface area contributed by atoms with E-state index in [1.165, 1.54) is 0 Å². The number of hydrogen-bond donors (Lipinski definition) is 3. The van der Waals surface area contributed by atoms with Crippen LogP contribution >= 0.6 is 0 Å². The molecule has 0 radical (unpaired) electrons. The third kappa shape index (κ3) is 7.68. The molecule has 0 spiro atoms. The number of rotatable bonds is 11. The van der Waals surface area contributed by atoms with Crippen molar-refractivity contribution in [3.8, 4) is 0 Å². The predicted molar refractivity (Wildman–Crippen MR) is 227 cm³/mol. The zero-order chi connectivity index (χ0) is 42.4. The number of nitrogens with two attached hydrogens (primary N) is 1. The van der Waals surface area contributed by atoms with E-state index in [1.54, 1.807) is 23.2 Å². The van der Waals surface area contributed by atoms with Gasteiger partial charge in [-0.1, -0.05) is 0 Å². The number of hydrogen-bond acceptors (Lipinski definition) is 13. The molecule has 2 aromatic carbocycles. The smallest absolute Gasteiger partial charge is 0.320 e.